The molecule has 2 aliphatic rings. The monoisotopic (exact) mass is 402 g/mol. The Hall–Kier alpha value is -1.26. The summed E-state index contributed by atoms with van der Waals surface area (Å²) >= 11 is 0. The summed E-state index contributed by atoms with van der Waals surface area (Å²) in [7, 11) is 2.95. The molecule has 10 atom stereocenters. The lowest BCUT2D eigenvalue weighted by Gasteiger charge is -2.49. The predicted octanol–water partition coefficient (Wildman–Crippen LogP) is -0.334. The van der Waals surface area contributed by atoms with Gasteiger partial charge < -0.3 is 38.9 Å². The first kappa shape index (κ1) is 23.0. The molecule has 10 unspecified atom stereocenters. The number of methoxy groups -OCH3 is 2. The zero-order valence-electron chi connectivity index (χ0n) is 17.5. The van der Waals surface area contributed by atoms with Crippen LogP contribution in [0.4, 0.5) is 0 Å². The van der Waals surface area contributed by atoms with Gasteiger partial charge in [0.1, 0.15) is 12.1 Å². The van der Waals surface area contributed by atoms with Gasteiger partial charge in [0.2, 0.25) is 5.91 Å². The van der Waals surface area contributed by atoms with E-state index >= 15 is 0 Å². The molecule has 28 heavy (non-hydrogen) atoms. The molecule has 9 heteroatoms. The molecule has 0 aromatic heterocycles. The van der Waals surface area contributed by atoms with Crippen molar-refractivity contribution < 1.29 is 38.4 Å². The maximum absolute atomic E-state index is 11.7. The highest BCUT2D eigenvalue weighted by molar-refractivity contribution is 5.73. The molecule has 0 radical (unpaired) electrons. The van der Waals surface area contributed by atoms with E-state index in [2.05, 4.69) is 5.32 Å². The molecular weight excluding hydrogens is 370 g/mol. The molecule has 2 fully saturated rings. The minimum Gasteiger partial charge on any atom is -0.547 e. The summed E-state index contributed by atoms with van der Waals surface area (Å²) in [6, 6.07) is -0.568. The second-order valence-corrected chi connectivity index (χ2v) is 7.79. The van der Waals surface area contributed by atoms with Crippen LogP contribution >= 0.6 is 0 Å². The smallest absolute Gasteiger partial charge is 0.217 e. The molecule has 2 saturated heterocycles. The number of carboxylic acids is 1. The van der Waals surface area contributed by atoms with Crippen molar-refractivity contribution in [3.8, 4) is 0 Å². The normalized spacial score (nSPS) is 44.1. The average Bonchev–Trinajstić information content (AvgIpc) is 2.63. The van der Waals surface area contributed by atoms with E-state index in [0.717, 1.165) is 0 Å². The highest BCUT2D eigenvalue weighted by Crippen LogP contribution is 2.36. The third-order valence-electron chi connectivity index (χ3n) is 6.01. The van der Waals surface area contributed by atoms with Gasteiger partial charge >= 0.3 is 0 Å². The van der Waals surface area contributed by atoms with Gasteiger partial charge in [-0.2, -0.15) is 0 Å². The highest BCUT2D eigenvalue weighted by Gasteiger charge is 2.49. The fourth-order valence-corrected chi connectivity index (χ4v) is 3.97. The number of hydrogen-bond acceptors (Lipinski definition) is 8. The SMILES string of the molecule is COC1OC(C)C(C)C(OC2OC(C(=O)[O-])C(OC)C(C)C2C)C1NC(C)=O. The lowest BCUT2D eigenvalue weighted by atomic mass is 9.84. The molecule has 2 rings (SSSR count). The number of ether oxygens (including phenoxy) is 5. The van der Waals surface area contributed by atoms with E-state index in [-0.39, 0.29) is 29.8 Å². The number of nitrogens with one attached hydrogen (secondary N) is 1. The molecule has 0 spiro atoms. The van der Waals surface area contributed by atoms with Crippen LogP contribution in [0.1, 0.15) is 34.6 Å². The van der Waals surface area contributed by atoms with Gasteiger partial charge in [0.15, 0.2) is 12.6 Å². The highest BCUT2D eigenvalue weighted by atomic mass is 16.7. The van der Waals surface area contributed by atoms with Crippen molar-refractivity contribution in [2.75, 3.05) is 14.2 Å². The van der Waals surface area contributed by atoms with Gasteiger partial charge in [-0.05, 0) is 12.8 Å². The fourth-order valence-electron chi connectivity index (χ4n) is 3.97. The quantitative estimate of drug-likeness (QED) is 0.642. The Kier molecular flexibility index (Phi) is 7.81. The van der Waals surface area contributed by atoms with Crippen LogP contribution in [0.3, 0.4) is 0 Å². The molecule has 0 aromatic rings. The van der Waals surface area contributed by atoms with Gasteiger partial charge in [-0.15, -0.1) is 0 Å². The van der Waals surface area contributed by atoms with Gasteiger partial charge in [-0.3, -0.25) is 4.79 Å². The van der Waals surface area contributed by atoms with Crippen LogP contribution in [-0.4, -0.2) is 69.1 Å². The molecule has 0 bridgehead atoms. The predicted molar refractivity (Wildman–Crippen MR) is 95.8 cm³/mol. The van der Waals surface area contributed by atoms with Crippen LogP contribution in [0, 0.1) is 17.8 Å². The summed E-state index contributed by atoms with van der Waals surface area (Å²) in [5.41, 5.74) is 0. The summed E-state index contributed by atoms with van der Waals surface area (Å²) in [4.78, 5) is 23.3. The van der Waals surface area contributed by atoms with Crippen molar-refractivity contribution >= 4 is 11.9 Å². The average molecular weight is 402 g/mol. The van der Waals surface area contributed by atoms with E-state index in [1.165, 1.54) is 21.1 Å². The largest absolute Gasteiger partial charge is 0.547 e. The van der Waals surface area contributed by atoms with Crippen molar-refractivity contribution in [3.05, 3.63) is 0 Å². The van der Waals surface area contributed by atoms with Gasteiger partial charge in [-0.1, -0.05) is 20.8 Å². The summed E-state index contributed by atoms with van der Waals surface area (Å²) < 4.78 is 28.6. The van der Waals surface area contributed by atoms with Crippen molar-refractivity contribution in [2.45, 2.75) is 77.7 Å². The van der Waals surface area contributed by atoms with Crippen molar-refractivity contribution in [1.29, 1.82) is 0 Å². The standard InChI is InChI=1S/C19H33NO8/c1-8-9(2)18(28-16(17(22)23)15(8)24-6)27-14-10(3)11(4)26-19(25-7)13(14)20-12(5)21/h8-11,13-16,18-19H,1-7H3,(H,20,21)(H,22,23)/p-1. The number of carboxylic acid groups (broad SMARTS) is 1. The Labute approximate surface area is 166 Å². The first-order valence-corrected chi connectivity index (χ1v) is 9.62. The second-order valence-electron chi connectivity index (χ2n) is 7.79. The topological polar surface area (TPSA) is 115 Å². The van der Waals surface area contributed by atoms with Crippen molar-refractivity contribution in [3.63, 3.8) is 0 Å². The maximum Gasteiger partial charge on any atom is 0.217 e. The Balaban J connectivity index is 2.27. The molecule has 9 nitrogen and oxygen atoms in total. The van der Waals surface area contributed by atoms with Gasteiger partial charge in [0, 0.05) is 33.0 Å². The number of hydrogen-bond donors (Lipinski definition) is 1. The summed E-state index contributed by atoms with van der Waals surface area (Å²) in [5, 5.41) is 14.4. The lowest BCUT2D eigenvalue weighted by molar-refractivity contribution is -0.352. The summed E-state index contributed by atoms with van der Waals surface area (Å²) in [6.07, 6.45) is -4.08. The molecular formula is C19H32NO8-. The van der Waals surface area contributed by atoms with Crippen LogP contribution < -0.4 is 10.4 Å². The number of carbonyl (C=O) groups excluding carboxylic acids is 2. The third kappa shape index (κ3) is 4.65. The molecule has 1 N–H and O–H groups in total. The molecule has 0 aromatic carbocycles. The molecule has 2 heterocycles. The molecule has 0 aliphatic carbocycles. The first-order valence-electron chi connectivity index (χ1n) is 9.62. The van der Waals surface area contributed by atoms with Gasteiger partial charge in [0.25, 0.3) is 0 Å². The van der Waals surface area contributed by atoms with E-state index in [1.54, 1.807) is 0 Å². The third-order valence-corrected chi connectivity index (χ3v) is 6.01. The number of carbonyl (C=O) groups is 2. The zero-order chi connectivity index (χ0) is 21.2. The summed E-state index contributed by atoms with van der Waals surface area (Å²) in [6.45, 7) is 9.06. The number of aliphatic carboxylic acids is 1. The Bertz CT molecular complexity index is 558. The van der Waals surface area contributed by atoms with Gasteiger partial charge in [-0.25, -0.2) is 0 Å². The van der Waals surface area contributed by atoms with E-state index in [9.17, 15) is 14.7 Å². The minimum atomic E-state index is -1.35. The first-order chi connectivity index (χ1) is 13.1. The van der Waals surface area contributed by atoms with Gasteiger partial charge in [0.05, 0.1) is 24.3 Å². The second kappa shape index (κ2) is 9.49. The maximum atomic E-state index is 11.7. The molecule has 1 amide bonds. The van der Waals surface area contributed by atoms with Crippen molar-refractivity contribution in [1.82, 2.24) is 5.32 Å². The van der Waals surface area contributed by atoms with E-state index in [1.807, 2.05) is 27.7 Å². The molecule has 0 saturated carbocycles. The molecule has 162 valence electrons. The van der Waals surface area contributed by atoms with E-state index < -0.39 is 42.9 Å². The zero-order valence-corrected chi connectivity index (χ0v) is 17.5. The van der Waals surface area contributed by atoms with Crippen LogP contribution in [-0.2, 0) is 33.3 Å². The lowest BCUT2D eigenvalue weighted by Crippen LogP contribution is -2.64. The van der Waals surface area contributed by atoms with Crippen LogP contribution in [0.15, 0.2) is 0 Å². The minimum absolute atomic E-state index is 0.101. The van der Waals surface area contributed by atoms with Crippen LogP contribution in [0.25, 0.3) is 0 Å². The summed E-state index contributed by atoms with van der Waals surface area (Å²) in [5.74, 6) is -1.98. The van der Waals surface area contributed by atoms with E-state index in [0.29, 0.717) is 0 Å². The Morgan fingerprint density at radius 1 is 0.893 bits per heavy atom. The number of amides is 1. The van der Waals surface area contributed by atoms with E-state index in [4.69, 9.17) is 23.7 Å². The Morgan fingerprint density at radius 2 is 1.54 bits per heavy atom. The Morgan fingerprint density at radius 3 is 2.04 bits per heavy atom. The van der Waals surface area contributed by atoms with Crippen LogP contribution in [0.2, 0.25) is 0 Å². The van der Waals surface area contributed by atoms with Crippen LogP contribution in [0.5, 0.6) is 0 Å². The fraction of sp³-hybridized carbons (Fsp3) is 0.895. The van der Waals surface area contributed by atoms with Crippen molar-refractivity contribution in [2.24, 2.45) is 17.8 Å². The number of rotatable bonds is 6. The molecule has 2 aliphatic heterocycles.